The summed E-state index contributed by atoms with van der Waals surface area (Å²) in [6, 6.07) is 2.50. The van der Waals surface area contributed by atoms with Crippen LogP contribution in [0.5, 0.6) is 0 Å². The molecule has 0 amide bonds. The molecule has 0 aliphatic heterocycles. The highest BCUT2D eigenvalue weighted by Crippen LogP contribution is 2.33. The maximum Gasteiger partial charge on any atom is 0.240 e. The second-order valence-electron chi connectivity index (χ2n) is 4.80. The molecule has 1 atom stereocenters. The van der Waals surface area contributed by atoms with Gasteiger partial charge >= 0.3 is 0 Å². The van der Waals surface area contributed by atoms with E-state index in [1.54, 1.807) is 11.3 Å². The van der Waals surface area contributed by atoms with E-state index in [2.05, 4.69) is 33.7 Å². The second kappa shape index (κ2) is 4.70. The predicted octanol–water partition coefficient (Wildman–Crippen LogP) is 2.58. The van der Waals surface area contributed by atoms with Crippen LogP contribution in [0.4, 0.5) is 11.8 Å². The van der Waals surface area contributed by atoms with Crippen LogP contribution in [-0.2, 0) is 0 Å². The third-order valence-corrected chi connectivity index (χ3v) is 4.48. The van der Waals surface area contributed by atoms with E-state index in [0.717, 1.165) is 22.0 Å². The number of anilines is 2. The first kappa shape index (κ1) is 11.7. The molecule has 3 rings (SSSR count). The van der Waals surface area contributed by atoms with Crippen LogP contribution < -0.4 is 16.6 Å². The Balaban J connectivity index is 1.91. The summed E-state index contributed by atoms with van der Waals surface area (Å²) in [6.07, 6.45) is 3.98. The monoisotopic (exact) mass is 263 g/mol. The van der Waals surface area contributed by atoms with Crippen LogP contribution in [-0.4, -0.2) is 16.0 Å². The van der Waals surface area contributed by atoms with Gasteiger partial charge < -0.3 is 5.32 Å². The predicted molar refractivity (Wildman–Crippen MR) is 75.7 cm³/mol. The van der Waals surface area contributed by atoms with Crippen LogP contribution in [0.3, 0.4) is 0 Å². The molecule has 1 saturated carbocycles. The molecular formula is C12H17N5S. The van der Waals surface area contributed by atoms with Gasteiger partial charge in [-0.2, -0.15) is 4.98 Å². The Morgan fingerprint density at radius 3 is 2.94 bits per heavy atom. The highest BCUT2D eigenvalue weighted by molar-refractivity contribution is 7.16. The number of nitrogens with zero attached hydrogens (tertiary/aromatic N) is 2. The number of aromatic nitrogens is 2. The molecule has 2 aromatic rings. The number of hydrogen-bond acceptors (Lipinski definition) is 6. The summed E-state index contributed by atoms with van der Waals surface area (Å²) in [5, 5.41) is 6.61. The summed E-state index contributed by atoms with van der Waals surface area (Å²) in [4.78, 5) is 9.71. The van der Waals surface area contributed by atoms with Crippen LogP contribution >= 0.6 is 11.3 Å². The van der Waals surface area contributed by atoms with Crippen LogP contribution in [0, 0.1) is 5.92 Å². The van der Waals surface area contributed by atoms with Gasteiger partial charge in [0.15, 0.2) is 0 Å². The van der Waals surface area contributed by atoms with E-state index in [9.17, 15) is 0 Å². The Hall–Kier alpha value is -1.40. The topological polar surface area (TPSA) is 75.9 Å². The zero-order chi connectivity index (χ0) is 12.5. The van der Waals surface area contributed by atoms with Crippen molar-refractivity contribution >= 4 is 33.3 Å². The molecule has 0 radical (unpaired) electrons. The number of rotatable bonds is 4. The van der Waals surface area contributed by atoms with Crippen molar-refractivity contribution in [3.05, 3.63) is 11.4 Å². The summed E-state index contributed by atoms with van der Waals surface area (Å²) in [5.41, 5.74) is 2.52. The number of nitrogens with two attached hydrogens (primary N) is 1. The summed E-state index contributed by atoms with van der Waals surface area (Å²) in [7, 11) is 0. The average molecular weight is 263 g/mol. The number of thiophene rings is 1. The molecule has 1 fully saturated rings. The maximum atomic E-state index is 5.41. The molecule has 4 N–H and O–H groups in total. The van der Waals surface area contributed by atoms with Crippen molar-refractivity contribution in [2.75, 3.05) is 10.7 Å². The van der Waals surface area contributed by atoms with Crippen molar-refractivity contribution in [3.63, 3.8) is 0 Å². The Labute approximate surface area is 110 Å². The van der Waals surface area contributed by atoms with E-state index in [1.807, 2.05) is 5.38 Å². The van der Waals surface area contributed by atoms with Crippen molar-refractivity contribution < 1.29 is 0 Å². The molecule has 0 saturated heterocycles. The van der Waals surface area contributed by atoms with Gasteiger partial charge in [0.05, 0.1) is 5.39 Å². The number of nitrogen functional groups attached to an aromatic ring is 1. The van der Waals surface area contributed by atoms with E-state index < -0.39 is 0 Å². The Morgan fingerprint density at radius 1 is 1.44 bits per heavy atom. The molecule has 2 aromatic heterocycles. The minimum absolute atomic E-state index is 0.447. The van der Waals surface area contributed by atoms with Crippen molar-refractivity contribution in [1.29, 1.82) is 0 Å². The Bertz CT molecular complexity index is 548. The van der Waals surface area contributed by atoms with E-state index in [0.29, 0.717) is 12.0 Å². The zero-order valence-corrected chi connectivity index (χ0v) is 11.1. The third kappa shape index (κ3) is 2.02. The Kier molecular flexibility index (Phi) is 3.05. The lowest BCUT2D eigenvalue weighted by Crippen LogP contribution is -2.31. The first-order valence-electron chi connectivity index (χ1n) is 6.26. The number of hydrazine groups is 1. The molecule has 1 aliphatic rings. The lowest BCUT2D eigenvalue weighted by molar-refractivity contribution is 0.285. The number of fused-ring (bicyclic) bond motifs is 1. The molecule has 18 heavy (non-hydrogen) atoms. The standard InChI is InChI=1S/C12H17N5S/c1-7(8-3-2-4-8)14-10-9-5-6-18-11(9)16-12(15-10)17-13/h5-8H,2-4,13H2,1H3,(H2,14,15,16,17). The fraction of sp³-hybridized carbons (Fsp3) is 0.500. The van der Waals surface area contributed by atoms with Crippen LogP contribution in [0.1, 0.15) is 26.2 Å². The van der Waals surface area contributed by atoms with Crippen molar-refractivity contribution in [2.45, 2.75) is 32.2 Å². The summed E-state index contributed by atoms with van der Waals surface area (Å²) in [6.45, 7) is 2.22. The fourth-order valence-corrected chi connectivity index (χ4v) is 3.07. The van der Waals surface area contributed by atoms with Gasteiger partial charge in [-0.25, -0.2) is 10.8 Å². The molecule has 96 valence electrons. The molecule has 1 aliphatic carbocycles. The summed E-state index contributed by atoms with van der Waals surface area (Å²) < 4.78 is 0. The lowest BCUT2D eigenvalue weighted by Gasteiger charge is -2.32. The molecule has 0 bridgehead atoms. The van der Waals surface area contributed by atoms with Crippen molar-refractivity contribution in [3.8, 4) is 0 Å². The van der Waals surface area contributed by atoms with Crippen LogP contribution in [0.15, 0.2) is 11.4 Å². The summed E-state index contributed by atoms with van der Waals surface area (Å²) in [5.74, 6) is 7.52. The van der Waals surface area contributed by atoms with Crippen molar-refractivity contribution in [2.24, 2.45) is 11.8 Å². The molecule has 0 aromatic carbocycles. The van der Waals surface area contributed by atoms with Crippen LogP contribution in [0.25, 0.3) is 10.2 Å². The number of hydrogen-bond donors (Lipinski definition) is 3. The maximum absolute atomic E-state index is 5.41. The molecule has 1 unspecified atom stereocenters. The van der Waals surface area contributed by atoms with Gasteiger partial charge in [-0.15, -0.1) is 11.3 Å². The third-order valence-electron chi connectivity index (χ3n) is 3.68. The molecular weight excluding hydrogens is 246 g/mol. The first-order valence-corrected chi connectivity index (χ1v) is 7.14. The van der Waals surface area contributed by atoms with Gasteiger partial charge in [-0.1, -0.05) is 6.42 Å². The van der Waals surface area contributed by atoms with Gasteiger partial charge in [-0.05, 0) is 37.1 Å². The molecule has 5 nitrogen and oxygen atoms in total. The Morgan fingerprint density at radius 2 is 2.28 bits per heavy atom. The van der Waals surface area contributed by atoms with Gasteiger partial charge in [-0.3, -0.25) is 5.43 Å². The van der Waals surface area contributed by atoms with Gasteiger partial charge in [0, 0.05) is 6.04 Å². The molecule has 6 heteroatoms. The number of nitrogens with one attached hydrogen (secondary N) is 2. The SMILES string of the molecule is CC(Nc1nc(NN)nc2sccc12)C1CCC1. The molecule has 0 spiro atoms. The second-order valence-corrected chi connectivity index (χ2v) is 5.70. The minimum Gasteiger partial charge on any atom is -0.367 e. The normalized spacial score (nSPS) is 17.4. The van der Waals surface area contributed by atoms with E-state index in [-0.39, 0.29) is 0 Å². The smallest absolute Gasteiger partial charge is 0.240 e. The zero-order valence-electron chi connectivity index (χ0n) is 10.3. The average Bonchev–Trinajstić information content (AvgIpc) is 2.74. The first-order chi connectivity index (χ1) is 8.78. The van der Waals surface area contributed by atoms with Crippen LogP contribution in [0.2, 0.25) is 0 Å². The molecule has 2 heterocycles. The highest BCUT2D eigenvalue weighted by Gasteiger charge is 2.24. The summed E-state index contributed by atoms with van der Waals surface area (Å²) >= 11 is 1.60. The van der Waals surface area contributed by atoms with E-state index in [4.69, 9.17) is 5.84 Å². The van der Waals surface area contributed by atoms with Gasteiger partial charge in [0.1, 0.15) is 10.6 Å². The van der Waals surface area contributed by atoms with Gasteiger partial charge in [0.25, 0.3) is 0 Å². The van der Waals surface area contributed by atoms with Gasteiger partial charge in [0.2, 0.25) is 5.95 Å². The quantitative estimate of drug-likeness (QED) is 0.584. The largest absolute Gasteiger partial charge is 0.367 e. The highest BCUT2D eigenvalue weighted by atomic mass is 32.1. The van der Waals surface area contributed by atoms with E-state index >= 15 is 0 Å². The van der Waals surface area contributed by atoms with Crippen molar-refractivity contribution in [1.82, 2.24) is 9.97 Å². The lowest BCUT2D eigenvalue weighted by atomic mass is 9.80. The minimum atomic E-state index is 0.447. The van der Waals surface area contributed by atoms with E-state index in [1.165, 1.54) is 19.3 Å². The fourth-order valence-electron chi connectivity index (χ4n) is 2.30.